The molecule has 25 heavy (non-hydrogen) atoms. The molecule has 0 bridgehead atoms. The van der Waals surface area contributed by atoms with E-state index in [-0.39, 0.29) is 6.61 Å². The van der Waals surface area contributed by atoms with E-state index in [1.165, 1.54) is 11.0 Å². The Morgan fingerprint density at radius 3 is 2.72 bits per heavy atom. The molecule has 128 valence electrons. The zero-order chi connectivity index (χ0) is 17.8. The highest BCUT2D eigenvalue weighted by atomic mass is 16.5. The fourth-order valence-corrected chi connectivity index (χ4v) is 2.20. The van der Waals surface area contributed by atoms with E-state index in [0.29, 0.717) is 11.7 Å². The summed E-state index contributed by atoms with van der Waals surface area (Å²) in [6.07, 6.45) is 3.13. The standard InChI is InChI=1S/C16H16N6O3/c1-11-7-12(2)22(20-11)16-19-17-10-21(16)18-8-13-3-5-14(6-4-13)25-9-15(23)24/h3-8,10H,9H2,1-2H3,(H,23,24)/b18-8-. The molecule has 0 fully saturated rings. The summed E-state index contributed by atoms with van der Waals surface area (Å²) in [5.41, 5.74) is 2.63. The second kappa shape index (κ2) is 6.95. The summed E-state index contributed by atoms with van der Waals surface area (Å²) in [5.74, 6) is -0.0506. The normalized spacial score (nSPS) is 11.1. The molecule has 0 aliphatic rings. The average molecular weight is 340 g/mol. The summed E-state index contributed by atoms with van der Waals surface area (Å²) in [7, 11) is 0. The molecule has 0 aliphatic heterocycles. The van der Waals surface area contributed by atoms with E-state index in [9.17, 15) is 4.79 Å². The van der Waals surface area contributed by atoms with E-state index < -0.39 is 5.97 Å². The van der Waals surface area contributed by atoms with Crippen molar-refractivity contribution in [3.63, 3.8) is 0 Å². The number of hydrogen-bond donors (Lipinski definition) is 1. The summed E-state index contributed by atoms with van der Waals surface area (Å²) >= 11 is 0. The Morgan fingerprint density at radius 2 is 2.08 bits per heavy atom. The Labute approximate surface area is 143 Å². The van der Waals surface area contributed by atoms with E-state index >= 15 is 0 Å². The average Bonchev–Trinajstić information content (AvgIpc) is 3.17. The Morgan fingerprint density at radius 1 is 1.32 bits per heavy atom. The van der Waals surface area contributed by atoms with Crippen molar-refractivity contribution in [2.45, 2.75) is 13.8 Å². The van der Waals surface area contributed by atoms with Gasteiger partial charge in [-0.15, -0.1) is 10.2 Å². The predicted octanol–water partition coefficient (Wildman–Crippen LogP) is 1.43. The maximum absolute atomic E-state index is 10.5. The first kappa shape index (κ1) is 16.4. The maximum atomic E-state index is 10.5. The molecule has 9 nitrogen and oxygen atoms in total. The van der Waals surface area contributed by atoms with Crippen molar-refractivity contribution >= 4 is 12.2 Å². The van der Waals surface area contributed by atoms with Crippen molar-refractivity contribution in [2.75, 3.05) is 6.61 Å². The van der Waals surface area contributed by atoms with Crippen LogP contribution in [0.5, 0.6) is 5.75 Å². The number of carboxylic acids is 1. The number of aryl methyl sites for hydroxylation is 2. The molecule has 0 spiro atoms. The summed E-state index contributed by atoms with van der Waals surface area (Å²) in [6.45, 7) is 3.46. The third kappa shape index (κ3) is 3.89. The molecule has 9 heteroatoms. The Hall–Kier alpha value is -3.49. The monoisotopic (exact) mass is 340 g/mol. The minimum atomic E-state index is -1.02. The molecule has 0 radical (unpaired) electrons. The third-order valence-corrected chi connectivity index (χ3v) is 3.29. The number of aromatic nitrogens is 5. The smallest absolute Gasteiger partial charge is 0.341 e. The summed E-state index contributed by atoms with van der Waals surface area (Å²) in [5, 5.41) is 25.2. The van der Waals surface area contributed by atoms with Crippen molar-refractivity contribution in [1.29, 1.82) is 0 Å². The van der Waals surface area contributed by atoms with Crippen LogP contribution in [0.2, 0.25) is 0 Å². The lowest BCUT2D eigenvalue weighted by atomic mass is 10.2. The minimum absolute atomic E-state index is 0.375. The number of nitrogens with zero attached hydrogens (tertiary/aromatic N) is 6. The molecule has 0 aliphatic carbocycles. The highest BCUT2D eigenvalue weighted by Crippen LogP contribution is 2.12. The SMILES string of the molecule is Cc1cc(C)n(-c2nncn2/N=C\c2ccc(OCC(=O)O)cc2)n1. The van der Waals surface area contributed by atoms with Crippen molar-refractivity contribution in [3.05, 3.63) is 53.6 Å². The molecule has 1 N–H and O–H groups in total. The predicted molar refractivity (Wildman–Crippen MR) is 89.2 cm³/mol. The molecule has 0 unspecified atom stereocenters. The molecular formula is C16H16N6O3. The number of aliphatic carboxylic acids is 1. The quantitative estimate of drug-likeness (QED) is 0.680. The van der Waals surface area contributed by atoms with Gasteiger partial charge >= 0.3 is 5.97 Å². The number of benzene rings is 1. The molecule has 3 aromatic rings. The lowest BCUT2D eigenvalue weighted by Gasteiger charge is -2.03. The second-order valence-electron chi connectivity index (χ2n) is 5.31. The minimum Gasteiger partial charge on any atom is -0.482 e. The van der Waals surface area contributed by atoms with Crippen molar-refractivity contribution < 1.29 is 14.6 Å². The second-order valence-corrected chi connectivity index (χ2v) is 5.31. The van der Waals surface area contributed by atoms with Crippen LogP contribution in [0.1, 0.15) is 17.0 Å². The lowest BCUT2D eigenvalue weighted by molar-refractivity contribution is -0.139. The van der Waals surface area contributed by atoms with E-state index in [2.05, 4.69) is 20.4 Å². The lowest BCUT2D eigenvalue weighted by Crippen LogP contribution is -2.09. The number of hydrogen-bond acceptors (Lipinski definition) is 6. The first-order chi connectivity index (χ1) is 12.0. The fraction of sp³-hybridized carbons (Fsp3) is 0.188. The largest absolute Gasteiger partial charge is 0.482 e. The van der Waals surface area contributed by atoms with Gasteiger partial charge in [0.1, 0.15) is 12.1 Å². The van der Waals surface area contributed by atoms with Gasteiger partial charge in [-0.1, -0.05) is 0 Å². The Kier molecular flexibility index (Phi) is 4.55. The number of ether oxygens (including phenoxy) is 1. The van der Waals surface area contributed by atoms with E-state index in [4.69, 9.17) is 9.84 Å². The molecule has 0 atom stereocenters. The van der Waals surface area contributed by atoms with Crippen molar-refractivity contribution in [3.8, 4) is 11.7 Å². The summed E-state index contributed by atoms with van der Waals surface area (Å²) in [6, 6.07) is 8.84. The van der Waals surface area contributed by atoms with Crippen molar-refractivity contribution in [1.82, 2.24) is 24.7 Å². The molecule has 3 rings (SSSR count). The van der Waals surface area contributed by atoms with Crippen LogP contribution in [-0.2, 0) is 4.79 Å². The topological polar surface area (TPSA) is 107 Å². The highest BCUT2D eigenvalue weighted by molar-refractivity contribution is 5.79. The van der Waals surface area contributed by atoms with Gasteiger partial charge < -0.3 is 9.84 Å². The molecule has 2 aromatic heterocycles. The Balaban J connectivity index is 1.76. The summed E-state index contributed by atoms with van der Waals surface area (Å²) in [4.78, 5) is 10.5. The fourth-order valence-electron chi connectivity index (χ4n) is 2.20. The van der Waals surface area contributed by atoms with Gasteiger partial charge in [0.2, 0.25) is 0 Å². The van der Waals surface area contributed by atoms with Gasteiger partial charge in [0.05, 0.1) is 11.9 Å². The zero-order valence-electron chi connectivity index (χ0n) is 13.7. The van der Waals surface area contributed by atoms with E-state index in [0.717, 1.165) is 17.0 Å². The number of rotatable bonds is 6. The van der Waals surface area contributed by atoms with Gasteiger partial charge in [-0.25, -0.2) is 9.48 Å². The van der Waals surface area contributed by atoms with Gasteiger partial charge in [0.15, 0.2) is 6.61 Å². The van der Waals surface area contributed by atoms with E-state index in [1.54, 1.807) is 35.2 Å². The van der Waals surface area contributed by atoms with Crippen LogP contribution >= 0.6 is 0 Å². The molecule has 1 aromatic carbocycles. The molecule has 0 amide bonds. The van der Waals surface area contributed by atoms with Crippen LogP contribution in [0.15, 0.2) is 41.8 Å². The van der Waals surface area contributed by atoms with Gasteiger partial charge in [-0.2, -0.15) is 14.9 Å². The highest BCUT2D eigenvalue weighted by Gasteiger charge is 2.10. The van der Waals surface area contributed by atoms with Gasteiger partial charge in [-0.3, -0.25) is 0 Å². The summed E-state index contributed by atoms with van der Waals surface area (Å²) < 4.78 is 8.28. The van der Waals surface area contributed by atoms with Crippen LogP contribution < -0.4 is 4.74 Å². The van der Waals surface area contributed by atoms with Crippen LogP contribution in [0, 0.1) is 13.8 Å². The van der Waals surface area contributed by atoms with Crippen LogP contribution in [-0.4, -0.2) is 48.6 Å². The van der Waals surface area contributed by atoms with Gasteiger partial charge in [-0.05, 0) is 49.7 Å². The zero-order valence-corrected chi connectivity index (χ0v) is 13.7. The van der Waals surface area contributed by atoms with E-state index in [1.807, 2.05) is 19.9 Å². The molecule has 0 saturated carbocycles. The first-order valence-electron chi connectivity index (χ1n) is 7.45. The number of carbonyl (C=O) groups is 1. The Bertz CT molecular complexity index is 910. The third-order valence-electron chi connectivity index (χ3n) is 3.29. The van der Waals surface area contributed by atoms with Crippen LogP contribution in [0.4, 0.5) is 0 Å². The van der Waals surface area contributed by atoms with Gasteiger partial charge in [0, 0.05) is 5.69 Å². The van der Waals surface area contributed by atoms with Crippen LogP contribution in [0.25, 0.3) is 5.95 Å². The maximum Gasteiger partial charge on any atom is 0.341 e. The van der Waals surface area contributed by atoms with Gasteiger partial charge in [0.25, 0.3) is 5.95 Å². The van der Waals surface area contributed by atoms with Crippen LogP contribution in [0.3, 0.4) is 0 Å². The molecule has 2 heterocycles. The molecular weight excluding hydrogens is 324 g/mol. The molecule has 0 saturated heterocycles. The number of carboxylic acid groups (broad SMARTS) is 1. The van der Waals surface area contributed by atoms with Crippen molar-refractivity contribution in [2.24, 2.45) is 5.10 Å². The first-order valence-corrected chi connectivity index (χ1v) is 7.45.